The predicted molar refractivity (Wildman–Crippen MR) is 76.7 cm³/mol. The average molecular weight is 267 g/mol. The van der Waals surface area contributed by atoms with E-state index in [1.165, 1.54) is 19.3 Å². The minimum Gasteiger partial charge on any atom is -0.393 e. The summed E-state index contributed by atoms with van der Waals surface area (Å²) >= 11 is 0. The van der Waals surface area contributed by atoms with Crippen molar-refractivity contribution in [2.75, 3.05) is 6.54 Å². The second-order valence-electron chi connectivity index (χ2n) is 7.21. The fourth-order valence-electron chi connectivity index (χ4n) is 3.70. The molecule has 1 amide bonds. The molecule has 1 atom stereocenters. The van der Waals surface area contributed by atoms with Crippen LogP contribution in [0.15, 0.2) is 0 Å². The average Bonchev–Trinajstić information content (AvgIpc) is 2.37. The van der Waals surface area contributed by atoms with Gasteiger partial charge in [0.2, 0.25) is 5.91 Å². The molecule has 0 saturated heterocycles. The first-order valence-electron chi connectivity index (χ1n) is 7.95. The number of carbonyl (C=O) groups is 1. The lowest BCUT2D eigenvalue weighted by Crippen LogP contribution is -2.43. The first-order chi connectivity index (χ1) is 8.99. The van der Waals surface area contributed by atoms with E-state index in [2.05, 4.69) is 19.2 Å². The number of hydrogen-bond donors (Lipinski definition) is 2. The SMILES string of the molecule is CC1(C)CCCCC1C(=O)NCC1CCC(O)CC1. The number of aliphatic hydroxyl groups is 1. The van der Waals surface area contributed by atoms with Crippen LogP contribution in [0.3, 0.4) is 0 Å². The van der Waals surface area contributed by atoms with Crippen molar-refractivity contribution in [3.8, 4) is 0 Å². The summed E-state index contributed by atoms with van der Waals surface area (Å²) in [7, 11) is 0. The maximum absolute atomic E-state index is 12.4. The van der Waals surface area contributed by atoms with Gasteiger partial charge in [0, 0.05) is 12.5 Å². The summed E-state index contributed by atoms with van der Waals surface area (Å²) in [5, 5.41) is 12.7. The highest BCUT2D eigenvalue weighted by Crippen LogP contribution is 2.40. The smallest absolute Gasteiger partial charge is 0.223 e. The van der Waals surface area contributed by atoms with E-state index in [1.807, 2.05) is 0 Å². The number of amides is 1. The first-order valence-corrected chi connectivity index (χ1v) is 7.95. The van der Waals surface area contributed by atoms with Crippen LogP contribution >= 0.6 is 0 Å². The Labute approximate surface area is 117 Å². The summed E-state index contributed by atoms with van der Waals surface area (Å²) in [5.41, 5.74) is 0.158. The number of rotatable bonds is 3. The molecule has 0 aromatic heterocycles. The maximum Gasteiger partial charge on any atom is 0.223 e. The molecule has 2 saturated carbocycles. The second kappa shape index (κ2) is 6.25. The number of aliphatic hydroxyl groups excluding tert-OH is 1. The van der Waals surface area contributed by atoms with Crippen molar-refractivity contribution in [2.45, 2.75) is 71.3 Å². The third-order valence-electron chi connectivity index (χ3n) is 5.20. The molecule has 2 fully saturated rings. The zero-order valence-electron chi connectivity index (χ0n) is 12.5. The molecule has 0 bridgehead atoms. The van der Waals surface area contributed by atoms with Crippen LogP contribution in [0.4, 0.5) is 0 Å². The molecule has 0 heterocycles. The molecule has 2 aliphatic carbocycles. The molecule has 0 spiro atoms. The van der Waals surface area contributed by atoms with Crippen LogP contribution in [0.25, 0.3) is 0 Å². The molecule has 0 radical (unpaired) electrons. The third kappa shape index (κ3) is 3.95. The van der Waals surface area contributed by atoms with Gasteiger partial charge in [-0.2, -0.15) is 0 Å². The van der Waals surface area contributed by atoms with Crippen molar-refractivity contribution < 1.29 is 9.90 Å². The zero-order valence-corrected chi connectivity index (χ0v) is 12.5. The predicted octanol–water partition coefficient (Wildman–Crippen LogP) is 2.87. The molecular weight excluding hydrogens is 238 g/mol. The Bertz CT molecular complexity index is 306. The van der Waals surface area contributed by atoms with Gasteiger partial charge in [0.05, 0.1) is 6.10 Å². The number of carbonyl (C=O) groups excluding carboxylic acids is 1. The monoisotopic (exact) mass is 267 g/mol. The van der Waals surface area contributed by atoms with Gasteiger partial charge in [-0.3, -0.25) is 4.79 Å². The molecule has 110 valence electrons. The van der Waals surface area contributed by atoms with E-state index in [4.69, 9.17) is 0 Å². The van der Waals surface area contributed by atoms with E-state index >= 15 is 0 Å². The lowest BCUT2D eigenvalue weighted by atomic mass is 9.68. The van der Waals surface area contributed by atoms with Gasteiger partial charge in [-0.15, -0.1) is 0 Å². The van der Waals surface area contributed by atoms with E-state index in [0.29, 0.717) is 5.92 Å². The van der Waals surface area contributed by atoms with Gasteiger partial charge in [-0.1, -0.05) is 26.7 Å². The molecule has 2 N–H and O–H groups in total. The molecule has 0 aliphatic heterocycles. The highest BCUT2D eigenvalue weighted by molar-refractivity contribution is 5.79. The molecule has 0 aromatic carbocycles. The minimum absolute atomic E-state index is 0.107. The fourth-order valence-corrected chi connectivity index (χ4v) is 3.70. The standard InChI is InChI=1S/C16H29NO2/c1-16(2)10-4-3-5-14(16)15(19)17-11-12-6-8-13(18)9-7-12/h12-14,18H,3-11H2,1-2H3,(H,17,19). The van der Waals surface area contributed by atoms with Crippen LogP contribution in [-0.4, -0.2) is 23.7 Å². The van der Waals surface area contributed by atoms with Crippen molar-refractivity contribution in [3.05, 3.63) is 0 Å². The molecule has 0 aromatic rings. The Hall–Kier alpha value is -0.570. The number of hydrogen-bond acceptors (Lipinski definition) is 2. The van der Waals surface area contributed by atoms with Gasteiger partial charge < -0.3 is 10.4 Å². The molecule has 3 heteroatoms. The second-order valence-corrected chi connectivity index (χ2v) is 7.21. The Morgan fingerprint density at radius 2 is 1.84 bits per heavy atom. The summed E-state index contributed by atoms with van der Waals surface area (Å²) in [6.45, 7) is 5.26. The number of nitrogens with one attached hydrogen (secondary N) is 1. The summed E-state index contributed by atoms with van der Waals surface area (Å²) in [5.74, 6) is 1.02. The van der Waals surface area contributed by atoms with Crippen LogP contribution in [-0.2, 0) is 4.79 Å². The van der Waals surface area contributed by atoms with Gasteiger partial charge in [0.15, 0.2) is 0 Å². The Balaban J connectivity index is 1.77. The van der Waals surface area contributed by atoms with Crippen molar-refractivity contribution in [1.82, 2.24) is 5.32 Å². The molecule has 19 heavy (non-hydrogen) atoms. The topological polar surface area (TPSA) is 49.3 Å². The highest BCUT2D eigenvalue weighted by atomic mass is 16.3. The largest absolute Gasteiger partial charge is 0.393 e. The van der Waals surface area contributed by atoms with E-state index in [9.17, 15) is 9.90 Å². The Kier molecular flexibility index (Phi) is 4.88. The van der Waals surface area contributed by atoms with E-state index in [-0.39, 0.29) is 23.3 Å². The van der Waals surface area contributed by atoms with Crippen LogP contribution in [0.5, 0.6) is 0 Å². The van der Waals surface area contributed by atoms with Gasteiger partial charge in [-0.05, 0) is 49.9 Å². The molecule has 1 unspecified atom stereocenters. The van der Waals surface area contributed by atoms with Crippen LogP contribution < -0.4 is 5.32 Å². The molecular formula is C16H29NO2. The quantitative estimate of drug-likeness (QED) is 0.826. The van der Waals surface area contributed by atoms with Crippen molar-refractivity contribution in [2.24, 2.45) is 17.3 Å². The van der Waals surface area contributed by atoms with Crippen LogP contribution in [0.1, 0.15) is 65.2 Å². The van der Waals surface area contributed by atoms with E-state index < -0.39 is 0 Å². The lowest BCUT2D eigenvalue weighted by molar-refractivity contribution is -0.130. The summed E-state index contributed by atoms with van der Waals surface area (Å²) < 4.78 is 0. The van der Waals surface area contributed by atoms with E-state index in [0.717, 1.165) is 38.6 Å². The Morgan fingerprint density at radius 1 is 1.16 bits per heavy atom. The van der Waals surface area contributed by atoms with Gasteiger partial charge in [0.1, 0.15) is 0 Å². The van der Waals surface area contributed by atoms with Crippen LogP contribution in [0, 0.1) is 17.3 Å². The summed E-state index contributed by atoms with van der Waals surface area (Å²) in [6.07, 6.45) is 8.46. The van der Waals surface area contributed by atoms with E-state index in [1.54, 1.807) is 0 Å². The Morgan fingerprint density at radius 3 is 2.47 bits per heavy atom. The summed E-state index contributed by atoms with van der Waals surface area (Å²) in [4.78, 5) is 12.4. The molecule has 2 aliphatic rings. The molecule has 2 rings (SSSR count). The van der Waals surface area contributed by atoms with Gasteiger partial charge >= 0.3 is 0 Å². The third-order valence-corrected chi connectivity index (χ3v) is 5.20. The highest BCUT2D eigenvalue weighted by Gasteiger charge is 2.37. The van der Waals surface area contributed by atoms with Crippen molar-refractivity contribution in [3.63, 3.8) is 0 Å². The molecule has 3 nitrogen and oxygen atoms in total. The van der Waals surface area contributed by atoms with Gasteiger partial charge in [0.25, 0.3) is 0 Å². The maximum atomic E-state index is 12.4. The summed E-state index contributed by atoms with van der Waals surface area (Å²) in [6, 6.07) is 0. The first kappa shape index (κ1) is 14.8. The van der Waals surface area contributed by atoms with Gasteiger partial charge in [-0.25, -0.2) is 0 Å². The van der Waals surface area contributed by atoms with Crippen molar-refractivity contribution in [1.29, 1.82) is 0 Å². The van der Waals surface area contributed by atoms with Crippen LogP contribution in [0.2, 0.25) is 0 Å². The minimum atomic E-state index is -0.107. The van der Waals surface area contributed by atoms with Crippen molar-refractivity contribution >= 4 is 5.91 Å². The zero-order chi connectivity index (χ0) is 13.9. The fraction of sp³-hybridized carbons (Fsp3) is 0.938. The normalized spacial score (nSPS) is 34.8. The lowest BCUT2D eigenvalue weighted by Gasteiger charge is -2.38.